The molecule has 0 spiro atoms. The lowest BCUT2D eigenvalue weighted by Crippen LogP contribution is -2.21. The summed E-state index contributed by atoms with van der Waals surface area (Å²) < 4.78 is 21.1. The predicted octanol–water partition coefficient (Wildman–Crippen LogP) is 3.43. The van der Waals surface area contributed by atoms with Crippen LogP contribution in [0.3, 0.4) is 0 Å². The second kappa shape index (κ2) is 10.9. The maximum atomic E-state index is 12.1. The summed E-state index contributed by atoms with van der Waals surface area (Å²) in [4.78, 5) is 24.3. The van der Waals surface area contributed by atoms with Gasteiger partial charge in [0.1, 0.15) is 0 Å². The van der Waals surface area contributed by atoms with Gasteiger partial charge in [-0.3, -0.25) is 4.79 Å². The number of amides is 1. The van der Waals surface area contributed by atoms with Crippen molar-refractivity contribution in [3.05, 3.63) is 53.6 Å². The van der Waals surface area contributed by atoms with Gasteiger partial charge in [-0.25, -0.2) is 4.79 Å². The minimum Gasteiger partial charge on any atom is -0.490 e. The molecule has 0 aliphatic rings. The van der Waals surface area contributed by atoms with Crippen molar-refractivity contribution in [2.45, 2.75) is 20.5 Å². The van der Waals surface area contributed by atoms with E-state index in [9.17, 15) is 9.59 Å². The minimum atomic E-state index is -0.574. The number of esters is 1. The zero-order valence-electron chi connectivity index (χ0n) is 16.3. The molecule has 2 aromatic carbocycles. The summed E-state index contributed by atoms with van der Waals surface area (Å²) in [5, 5.41) is 2.68. The lowest BCUT2D eigenvalue weighted by Gasteiger charge is -2.13. The Morgan fingerprint density at radius 2 is 1.71 bits per heavy atom. The molecule has 0 bridgehead atoms. The first-order valence-corrected chi connectivity index (χ1v) is 9.01. The summed E-state index contributed by atoms with van der Waals surface area (Å²) in [7, 11) is 1.58. The van der Waals surface area contributed by atoms with E-state index >= 15 is 0 Å². The van der Waals surface area contributed by atoms with Gasteiger partial charge < -0.3 is 24.3 Å². The van der Waals surface area contributed by atoms with E-state index in [1.807, 2.05) is 19.9 Å². The molecule has 0 atom stereocenters. The highest BCUT2D eigenvalue weighted by Crippen LogP contribution is 2.30. The molecule has 1 amide bonds. The van der Waals surface area contributed by atoms with Gasteiger partial charge in [-0.2, -0.15) is 0 Å². The van der Waals surface area contributed by atoms with Crippen molar-refractivity contribution in [1.82, 2.24) is 0 Å². The fraction of sp³-hybridized carbons (Fsp3) is 0.333. The molecule has 0 aromatic heterocycles. The quantitative estimate of drug-likeness (QED) is 0.629. The van der Waals surface area contributed by atoms with Crippen LogP contribution in [0.1, 0.15) is 29.8 Å². The molecule has 0 saturated heterocycles. The second-order valence-electron chi connectivity index (χ2n) is 5.79. The van der Waals surface area contributed by atoms with Crippen molar-refractivity contribution in [3.63, 3.8) is 0 Å². The first-order valence-electron chi connectivity index (χ1n) is 9.01. The Bertz CT molecular complexity index is 805. The molecular weight excluding hydrogens is 362 g/mol. The highest BCUT2D eigenvalue weighted by molar-refractivity contribution is 5.95. The zero-order valence-corrected chi connectivity index (χ0v) is 16.3. The third-order valence-corrected chi connectivity index (χ3v) is 3.64. The summed E-state index contributed by atoms with van der Waals surface area (Å²) in [5.41, 5.74) is 1.73. The Hall–Kier alpha value is -3.06. The van der Waals surface area contributed by atoms with Crippen molar-refractivity contribution in [2.24, 2.45) is 0 Å². The van der Waals surface area contributed by atoms with Gasteiger partial charge in [0, 0.05) is 18.9 Å². The molecule has 7 heteroatoms. The standard InChI is InChI=1S/C21H25NO6/c1-4-26-18-10-9-17(12-19(18)27-5-2)22-20(23)14-28-21(24)16-8-6-7-15(11-16)13-25-3/h6-12H,4-5,13-14H2,1-3H3,(H,22,23). The van der Waals surface area contributed by atoms with E-state index in [0.29, 0.717) is 42.6 Å². The van der Waals surface area contributed by atoms with Crippen molar-refractivity contribution in [1.29, 1.82) is 0 Å². The molecular formula is C21H25NO6. The molecule has 0 fully saturated rings. The Morgan fingerprint density at radius 1 is 0.964 bits per heavy atom. The van der Waals surface area contributed by atoms with E-state index in [0.717, 1.165) is 5.56 Å². The normalized spacial score (nSPS) is 10.2. The lowest BCUT2D eigenvalue weighted by molar-refractivity contribution is -0.119. The predicted molar refractivity (Wildman–Crippen MR) is 105 cm³/mol. The van der Waals surface area contributed by atoms with Crippen LogP contribution < -0.4 is 14.8 Å². The lowest BCUT2D eigenvalue weighted by atomic mass is 10.1. The number of carbonyl (C=O) groups excluding carboxylic acids is 2. The molecule has 2 rings (SSSR count). The molecule has 150 valence electrons. The monoisotopic (exact) mass is 387 g/mol. The maximum absolute atomic E-state index is 12.1. The van der Waals surface area contributed by atoms with Crippen LogP contribution in [0.25, 0.3) is 0 Å². The van der Waals surface area contributed by atoms with Crippen molar-refractivity contribution < 1.29 is 28.5 Å². The number of benzene rings is 2. The molecule has 0 aliphatic carbocycles. The molecule has 0 saturated carbocycles. The number of methoxy groups -OCH3 is 1. The number of ether oxygens (including phenoxy) is 4. The Kier molecular flexibility index (Phi) is 8.30. The first-order chi connectivity index (χ1) is 13.6. The van der Waals surface area contributed by atoms with Gasteiger partial charge in [0.25, 0.3) is 5.91 Å². The average Bonchev–Trinajstić information content (AvgIpc) is 2.69. The minimum absolute atomic E-state index is 0.363. The molecule has 0 radical (unpaired) electrons. The zero-order chi connectivity index (χ0) is 20.4. The van der Waals surface area contributed by atoms with Gasteiger partial charge in [0.15, 0.2) is 18.1 Å². The molecule has 2 aromatic rings. The molecule has 1 N–H and O–H groups in total. The second-order valence-corrected chi connectivity index (χ2v) is 5.79. The number of nitrogens with one attached hydrogen (secondary N) is 1. The number of hydrogen-bond donors (Lipinski definition) is 1. The third kappa shape index (κ3) is 6.28. The molecule has 7 nitrogen and oxygen atoms in total. The van der Waals surface area contributed by atoms with E-state index in [2.05, 4.69) is 5.32 Å². The Labute approximate surface area is 164 Å². The van der Waals surface area contributed by atoms with Gasteiger partial charge in [0.2, 0.25) is 0 Å². The van der Waals surface area contributed by atoms with Crippen LogP contribution in [0, 0.1) is 0 Å². The third-order valence-electron chi connectivity index (χ3n) is 3.64. The van der Waals surface area contributed by atoms with Gasteiger partial charge in [0.05, 0.1) is 25.4 Å². The highest BCUT2D eigenvalue weighted by atomic mass is 16.5. The Balaban J connectivity index is 1.94. The fourth-order valence-electron chi connectivity index (χ4n) is 2.50. The van der Waals surface area contributed by atoms with Crippen molar-refractivity contribution in [3.8, 4) is 11.5 Å². The SMILES string of the molecule is CCOc1ccc(NC(=O)COC(=O)c2cccc(COC)c2)cc1OCC. The van der Waals surface area contributed by atoms with E-state index < -0.39 is 18.5 Å². The molecule has 28 heavy (non-hydrogen) atoms. The number of anilines is 1. The largest absolute Gasteiger partial charge is 0.490 e. The topological polar surface area (TPSA) is 83.1 Å². The summed E-state index contributed by atoms with van der Waals surface area (Å²) in [6, 6.07) is 12.0. The van der Waals surface area contributed by atoms with Crippen molar-refractivity contribution in [2.75, 3.05) is 32.2 Å². The van der Waals surface area contributed by atoms with Crippen LogP contribution in [-0.2, 0) is 20.9 Å². The number of carbonyl (C=O) groups is 2. The summed E-state index contributed by atoms with van der Waals surface area (Å²) in [6.07, 6.45) is 0. The molecule has 0 unspecified atom stereocenters. The van der Waals surface area contributed by atoms with Crippen LogP contribution >= 0.6 is 0 Å². The van der Waals surface area contributed by atoms with E-state index in [1.165, 1.54) is 0 Å². The van der Waals surface area contributed by atoms with Gasteiger partial charge in [-0.05, 0) is 43.7 Å². The van der Waals surface area contributed by atoms with Crippen LogP contribution in [0.2, 0.25) is 0 Å². The smallest absolute Gasteiger partial charge is 0.338 e. The van der Waals surface area contributed by atoms with E-state index in [1.54, 1.807) is 43.5 Å². The molecule has 0 heterocycles. The first kappa shape index (κ1) is 21.2. The van der Waals surface area contributed by atoms with Crippen LogP contribution in [0.5, 0.6) is 11.5 Å². The van der Waals surface area contributed by atoms with Gasteiger partial charge in [-0.1, -0.05) is 12.1 Å². The van der Waals surface area contributed by atoms with E-state index in [4.69, 9.17) is 18.9 Å². The summed E-state index contributed by atoms with van der Waals surface area (Å²) >= 11 is 0. The Morgan fingerprint density at radius 3 is 2.43 bits per heavy atom. The average molecular weight is 387 g/mol. The fourth-order valence-corrected chi connectivity index (χ4v) is 2.50. The maximum Gasteiger partial charge on any atom is 0.338 e. The van der Waals surface area contributed by atoms with Crippen LogP contribution in [-0.4, -0.2) is 38.8 Å². The van der Waals surface area contributed by atoms with Gasteiger partial charge >= 0.3 is 5.97 Å². The van der Waals surface area contributed by atoms with Crippen LogP contribution in [0.15, 0.2) is 42.5 Å². The van der Waals surface area contributed by atoms with Crippen molar-refractivity contribution >= 4 is 17.6 Å². The highest BCUT2D eigenvalue weighted by Gasteiger charge is 2.12. The number of hydrogen-bond acceptors (Lipinski definition) is 6. The van der Waals surface area contributed by atoms with E-state index in [-0.39, 0.29) is 0 Å². The van der Waals surface area contributed by atoms with Gasteiger partial charge in [-0.15, -0.1) is 0 Å². The summed E-state index contributed by atoms with van der Waals surface area (Å²) in [6.45, 7) is 4.71. The number of rotatable bonds is 10. The van der Waals surface area contributed by atoms with Crippen LogP contribution in [0.4, 0.5) is 5.69 Å². The molecule has 0 aliphatic heterocycles. The summed E-state index contributed by atoms with van der Waals surface area (Å²) in [5.74, 6) is 0.113.